The minimum Gasteiger partial charge on any atom is -0.488 e. The van der Waals surface area contributed by atoms with Gasteiger partial charge in [0.15, 0.2) is 0 Å². The summed E-state index contributed by atoms with van der Waals surface area (Å²) < 4.78 is 7.96. The third-order valence-corrected chi connectivity index (χ3v) is 5.57. The first-order chi connectivity index (χ1) is 15.0. The molecular formula is C24H23Br2N3O2. The minimum atomic E-state index is -0.387. The molecule has 0 heterocycles. The van der Waals surface area contributed by atoms with Crippen LogP contribution in [0.4, 0.5) is 5.69 Å². The molecule has 0 saturated carbocycles. The predicted octanol–water partition coefficient (Wildman–Crippen LogP) is 6.13. The van der Waals surface area contributed by atoms with E-state index in [0.717, 1.165) is 25.8 Å². The number of benzene rings is 3. The highest BCUT2D eigenvalue weighted by Gasteiger charge is 2.15. The van der Waals surface area contributed by atoms with Crippen molar-refractivity contribution in [3.05, 3.63) is 92.9 Å². The monoisotopic (exact) mass is 543 g/mol. The predicted molar refractivity (Wildman–Crippen MR) is 132 cm³/mol. The van der Waals surface area contributed by atoms with E-state index >= 15 is 0 Å². The zero-order chi connectivity index (χ0) is 22.1. The van der Waals surface area contributed by atoms with Crippen molar-refractivity contribution in [3.63, 3.8) is 0 Å². The highest BCUT2D eigenvalue weighted by Crippen LogP contribution is 2.19. The number of para-hydroxylation sites is 1. The van der Waals surface area contributed by atoms with Crippen LogP contribution in [0.1, 0.15) is 24.5 Å². The molecular weight excluding hydrogens is 522 g/mol. The molecule has 0 aliphatic carbocycles. The summed E-state index contributed by atoms with van der Waals surface area (Å²) in [7, 11) is 0. The SMILES string of the molecule is CC[C@H](Nc1ccc(Br)cc1)C(=O)N/N=C\c1ccccc1OCc1ccc(Br)cc1. The number of ether oxygens (including phenoxy) is 1. The quantitative estimate of drug-likeness (QED) is 0.251. The maximum Gasteiger partial charge on any atom is 0.262 e. The Balaban J connectivity index is 1.58. The van der Waals surface area contributed by atoms with Crippen LogP contribution in [0, 0.1) is 0 Å². The Kier molecular flexibility index (Phi) is 8.67. The normalized spacial score (nSPS) is 11.8. The highest BCUT2D eigenvalue weighted by atomic mass is 79.9. The molecule has 0 spiro atoms. The van der Waals surface area contributed by atoms with Gasteiger partial charge in [0.05, 0.1) is 6.21 Å². The zero-order valence-electron chi connectivity index (χ0n) is 17.0. The van der Waals surface area contributed by atoms with Crippen LogP contribution in [0.15, 0.2) is 86.8 Å². The van der Waals surface area contributed by atoms with Gasteiger partial charge in [-0.1, -0.05) is 63.0 Å². The number of nitrogens with zero attached hydrogens (tertiary/aromatic N) is 1. The molecule has 0 fully saturated rings. The molecule has 0 aromatic heterocycles. The van der Waals surface area contributed by atoms with Gasteiger partial charge in [-0.15, -0.1) is 0 Å². The van der Waals surface area contributed by atoms with Gasteiger partial charge in [-0.05, 0) is 60.5 Å². The van der Waals surface area contributed by atoms with Crippen LogP contribution in [0.5, 0.6) is 5.75 Å². The van der Waals surface area contributed by atoms with Crippen LogP contribution in [-0.2, 0) is 11.4 Å². The third kappa shape index (κ3) is 7.22. The summed E-state index contributed by atoms with van der Waals surface area (Å²) in [5, 5.41) is 7.36. The third-order valence-electron chi connectivity index (χ3n) is 4.51. The molecule has 5 nitrogen and oxygen atoms in total. The van der Waals surface area contributed by atoms with E-state index in [0.29, 0.717) is 18.8 Å². The van der Waals surface area contributed by atoms with Crippen molar-refractivity contribution < 1.29 is 9.53 Å². The molecule has 0 radical (unpaired) electrons. The number of carbonyl (C=O) groups is 1. The van der Waals surface area contributed by atoms with E-state index in [1.165, 1.54) is 0 Å². The lowest BCUT2D eigenvalue weighted by molar-refractivity contribution is -0.121. The van der Waals surface area contributed by atoms with Gasteiger partial charge in [0.1, 0.15) is 18.4 Å². The molecule has 7 heteroatoms. The largest absolute Gasteiger partial charge is 0.488 e. The molecule has 3 aromatic carbocycles. The number of hydrazone groups is 1. The van der Waals surface area contributed by atoms with Gasteiger partial charge in [-0.2, -0.15) is 5.10 Å². The van der Waals surface area contributed by atoms with Gasteiger partial charge < -0.3 is 10.1 Å². The molecule has 3 rings (SSSR count). The van der Waals surface area contributed by atoms with Crippen LogP contribution >= 0.6 is 31.9 Å². The lowest BCUT2D eigenvalue weighted by Gasteiger charge is -2.16. The van der Waals surface area contributed by atoms with E-state index in [-0.39, 0.29) is 11.9 Å². The summed E-state index contributed by atoms with van der Waals surface area (Å²) in [5.74, 6) is 0.498. The zero-order valence-corrected chi connectivity index (χ0v) is 20.2. The molecule has 0 bridgehead atoms. The molecule has 0 saturated heterocycles. The fourth-order valence-corrected chi connectivity index (χ4v) is 3.33. The van der Waals surface area contributed by atoms with Crippen LogP contribution < -0.4 is 15.5 Å². The van der Waals surface area contributed by atoms with Gasteiger partial charge in [-0.3, -0.25) is 4.79 Å². The second kappa shape index (κ2) is 11.7. The van der Waals surface area contributed by atoms with Crippen LogP contribution in [-0.4, -0.2) is 18.2 Å². The second-order valence-corrected chi connectivity index (χ2v) is 8.63. The maximum atomic E-state index is 12.5. The lowest BCUT2D eigenvalue weighted by Crippen LogP contribution is -2.36. The molecule has 0 aliphatic rings. The van der Waals surface area contributed by atoms with Crippen LogP contribution in [0.3, 0.4) is 0 Å². The first-order valence-electron chi connectivity index (χ1n) is 9.86. The van der Waals surface area contributed by atoms with Crippen molar-refractivity contribution in [2.75, 3.05) is 5.32 Å². The number of halogens is 2. The molecule has 0 aliphatic heterocycles. The van der Waals surface area contributed by atoms with Crippen LogP contribution in [0.25, 0.3) is 0 Å². The van der Waals surface area contributed by atoms with Gasteiger partial charge in [-0.25, -0.2) is 5.43 Å². The Hall–Kier alpha value is -2.64. The first kappa shape index (κ1) is 23.0. The molecule has 1 amide bonds. The van der Waals surface area contributed by atoms with E-state index in [2.05, 4.69) is 47.7 Å². The van der Waals surface area contributed by atoms with E-state index in [9.17, 15) is 4.79 Å². The molecule has 31 heavy (non-hydrogen) atoms. The maximum absolute atomic E-state index is 12.5. The van der Waals surface area contributed by atoms with Crippen molar-refractivity contribution in [1.82, 2.24) is 5.43 Å². The molecule has 1 atom stereocenters. The minimum absolute atomic E-state index is 0.199. The Labute approximate surface area is 199 Å². The molecule has 160 valence electrons. The Morgan fingerprint density at radius 1 is 1.00 bits per heavy atom. The number of nitrogens with one attached hydrogen (secondary N) is 2. The summed E-state index contributed by atoms with van der Waals surface area (Å²) in [6.07, 6.45) is 2.23. The van der Waals surface area contributed by atoms with E-state index in [1.807, 2.05) is 79.7 Å². The van der Waals surface area contributed by atoms with Crippen molar-refractivity contribution >= 4 is 49.7 Å². The number of hydrogen-bond acceptors (Lipinski definition) is 4. The average Bonchev–Trinajstić information content (AvgIpc) is 2.79. The van der Waals surface area contributed by atoms with Gasteiger partial charge >= 0.3 is 0 Å². The van der Waals surface area contributed by atoms with Gasteiger partial charge in [0.25, 0.3) is 5.91 Å². The van der Waals surface area contributed by atoms with Crippen molar-refractivity contribution in [2.24, 2.45) is 5.10 Å². The van der Waals surface area contributed by atoms with Gasteiger partial charge in [0.2, 0.25) is 0 Å². The summed E-state index contributed by atoms with van der Waals surface area (Å²) >= 11 is 6.84. The smallest absolute Gasteiger partial charge is 0.262 e. The highest BCUT2D eigenvalue weighted by molar-refractivity contribution is 9.10. The number of amides is 1. The summed E-state index contributed by atoms with van der Waals surface area (Å²) in [6, 6.07) is 22.9. The standard InChI is InChI=1S/C24H23Br2N3O2/c1-2-22(28-21-13-11-20(26)12-14-21)24(30)29-27-15-18-5-3-4-6-23(18)31-16-17-7-9-19(25)10-8-17/h3-15,22,28H,2,16H2,1H3,(H,29,30)/b27-15-/t22-/m0/s1. The van der Waals surface area contributed by atoms with Crippen LogP contribution in [0.2, 0.25) is 0 Å². The van der Waals surface area contributed by atoms with Crippen molar-refractivity contribution in [3.8, 4) is 5.75 Å². The summed E-state index contributed by atoms with van der Waals surface area (Å²) in [4.78, 5) is 12.5. The fourth-order valence-electron chi connectivity index (χ4n) is 2.80. The summed E-state index contributed by atoms with van der Waals surface area (Å²) in [5.41, 5.74) is 5.34. The second-order valence-electron chi connectivity index (χ2n) is 6.80. The molecule has 0 unspecified atom stereocenters. The first-order valence-corrected chi connectivity index (χ1v) is 11.4. The molecule has 3 aromatic rings. The number of anilines is 1. The Morgan fingerprint density at radius 3 is 2.32 bits per heavy atom. The van der Waals surface area contributed by atoms with Gasteiger partial charge in [0, 0.05) is 20.2 Å². The topological polar surface area (TPSA) is 62.7 Å². The summed E-state index contributed by atoms with van der Waals surface area (Å²) in [6.45, 7) is 2.39. The average molecular weight is 545 g/mol. The van der Waals surface area contributed by atoms with E-state index in [4.69, 9.17) is 4.74 Å². The van der Waals surface area contributed by atoms with Crippen molar-refractivity contribution in [1.29, 1.82) is 0 Å². The van der Waals surface area contributed by atoms with E-state index in [1.54, 1.807) is 6.21 Å². The number of carbonyl (C=O) groups excluding carboxylic acids is 1. The number of hydrogen-bond donors (Lipinski definition) is 2. The van der Waals surface area contributed by atoms with E-state index < -0.39 is 0 Å². The number of rotatable bonds is 9. The Bertz CT molecular complexity index is 1020. The Morgan fingerprint density at radius 2 is 1.65 bits per heavy atom. The molecule has 2 N–H and O–H groups in total. The fraction of sp³-hybridized carbons (Fsp3) is 0.167. The lowest BCUT2D eigenvalue weighted by atomic mass is 10.2. The van der Waals surface area contributed by atoms with Crippen molar-refractivity contribution in [2.45, 2.75) is 26.0 Å².